The summed E-state index contributed by atoms with van der Waals surface area (Å²) in [4.78, 5) is 0. The normalized spacial score (nSPS) is 10.5. The molecular formula is C12H15N3O2. The summed E-state index contributed by atoms with van der Waals surface area (Å²) < 4.78 is 10.8. The van der Waals surface area contributed by atoms with Crippen LogP contribution in [0.1, 0.15) is 17.3 Å². The maximum atomic E-state index is 5.57. The van der Waals surface area contributed by atoms with Crippen molar-refractivity contribution in [2.75, 3.05) is 6.61 Å². The minimum Gasteiger partial charge on any atom is -0.493 e. The highest BCUT2D eigenvalue weighted by molar-refractivity contribution is 5.27. The van der Waals surface area contributed by atoms with Gasteiger partial charge in [0.05, 0.1) is 19.6 Å². The number of nitrogens with two attached hydrogens (primary N) is 1. The van der Waals surface area contributed by atoms with Crippen molar-refractivity contribution in [1.29, 1.82) is 0 Å². The molecular weight excluding hydrogens is 218 g/mol. The molecule has 0 aliphatic rings. The van der Waals surface area contributed by atoms with Crippen molar-refractivity contribution in [3.8, 4) is 5.75 Å². The van der Waals surface area contributed by atoms with Gasteiger partial charge in [-0.3, -0.25) is 0 Å². The van der Waals surface area contributed by atoms with Gasteiger partial charge in [-0.1, -0.05) is 12.1 Å². The minimum absolute atomic E-state index is 0.270. The second-order valence-electron chi connectivity index (χ2n) is 3.71. The Bertz CT molecular complexity index is 482. The molecule has 1 aromatic heterocycles. The van der Waals surface area contributed by atoms with Gasteiger partial charge in [0.2, 0.25) is 11.8 Å². The van der Waals surface area contributed by atoms with Gasteiger partial charge in [-0.25, -0.2) is 0 Å². The second kappa shape index (κ2) is 5.45. The number of aromatic nitrogens is 2. The molecule has 17 heavy (non-hydrogen) atoms. The lowest BCUT2D eigenvalue weighted by Crippen LogP contribution is -2.01. The van der Waals surface area contributed by atoms with Crippen molar-refractivity contribution in [2.45, 2.75) is 19.9 Å². The Morgan fingerprint density at radius 2 is 2.12 bits per heavy atom. The standard InChI is InChI=1S/C12H15N3O2/c1-9-3-2-4-10(7-9)16-6-5-11-14-15-12(8-13)17-11/h2-4,7H,5-6,8,13H2,1H3. The molecule has 2 rings (SSSR count). The summed E-state index contributed by atoms with van der Waals surface area (Å²) in [6.07, 6.45) is 0.584. The van der Waals surface area contributed by atoms with Crippen LogP contribution in [0.4, 0.5) is 0 Å². The Morgan fingerprint density at radius 1 is 1.29 bits per heavy atom. The predicted molar refractivity (Wildman–Crippen MR) is 62.6 cm³/mol. The number of nitrogens with zero attached hydrogens (tertiary/aromatic N) is 2. The summed E-state index contributed by atoms with van der Waals surface area (Å²) in [6.45, 7) is 2.81. The molecule has 1 aromatic carbocycles. The van der Waals surface area contributed by atoms with Gasteiger partial charge < -0.3 is 14.9 Å². The van der Waals surface area contributed by atoms with E-state index >= 15 is 0 Å². The zero-order chi connectivity index (χ0) is 12.1. The number of rotatable bonds is 5. The third-order valence-corrected chi connectivity index (χ3v) is 2.26. The number of hydrogen-bond acceptors (Lipinski definition) is 5. The van der Waals surface area contributed by atoms with E-state index in [0.717, 1.165) is 5.75 Å². The van der Waals surface area contributed by atoms with Crippen LogP contribution in [0.2, 0.25) is 0 Å². The van der Waals surface area contributed by atoms with Crippen molar-refractivity contribution in [3.63, 3.8) is 0 Å². The van der Waals surface area contributed by atoms with E-state index in [1.165, 1.54) is 5.56 Å². The molecule has 2 N–H and O–H groups in total. The summed E-state index contributed by atoms with van der Waals surface area (Å²) in [5.41, 5.74) is 6.54. The maximum Gasteiger partial charge on any atom is 0.230 e. The predicted octanol–water partition coefficient (Wildman–Crippen LogP) is 1.46. The van der Waals surface area contributed by atoms with E-state index in [2.05, 4.69) is 10.2 Å². The van der Waals surface area contributed by atoms with E-state index in [1.807, 2.05) is 31.2 Å². The molecule has 0 radical (unpaired) electrons. The fraction of sp³-hybridized carbons (Fsp3) is 0.333. The Kier molecular flexibility index (Phi) is 3.72. The quantitative estimate of drug-likeness (QED) is 0.846. The first-order valence-electron chi connectivity index (χ1n) is 5.48. The largest absolute Gasteiger partial charge is 0.493 e. The van der Waals surface area contributed by atoms with Gasteiger partial charge in [0.15, 0.2) is 0 Å². The third-order valence-electron chi connectivity index (χ3n) is 2.26. The van der Waals surface area contributed by atoms with Crippen LogP contribution in [0.5, 0.6) is 5.75 Å². The van der Waals surface area contributed by atoms with Crippen LogP contribution >= 0.6 is 0 Å². The van der Waals surface area contributed by atoms with E-state index < -0.39 is 0 Å². The van der Waals surface area contributed by atoms with Gasteiger partial charge >= 0.3 is 0 Å². The highest BCUT2D eigenvalue weighted by Crippen LogP contribution is 2.12. The molecule has 0 unspecified atom stereocenters. The van der Waals surface area contributed by atoms with E-state index in [0.29, 0.717) is 24.8 Å². The molecule has 0 amide bonds. The molecule has 0 spiro atoms. The minimum atomic E-state index is 0.270. The van der Waals surface area contributed by atoms with Gasteiger partial charge in [-0.05, 0) is 24.6 Å². The van der Waals surface area contributed by atoms with Crippen molar-refractivity contribution < 1.29 is 9.15 Å². The van der Waals surface area contributed by atoms with Gasteiger partial charge in [0.1, 0.15) is 5.75 Å². The molecule has 0 bridgehead atoms. The van der Waals surface area contributed by atoms with Crippen molar-refractivity contribution in [2.24, 2.45) is 5.73 Å². The highest BCUT2D eigenvalue weighted by atomic mass is 16.5. The summed E-state index contributed by atoms with van der Waals surface area (Å²) >= 11 is 0. The summed E-state index contributed by atoms with van der Waals surface area (Å²) in [7, 11) is 0. The molecule has 5 nitrogen and oxygen atoms in total. The van der Waals surface area contributed by atoms with Gasteiger partial charge in [0, 0.05) is 0 Å². The molecule has 0 saturated heterocycles. The van der Waals surface area contributed by atoms with Crippen molar-refractivity contribution in [1.82, 2.24) is 10.2 Å². The van der Waals surface area contributed by atoms with E-state index in [1.54, 1.807) is 0 Å². The first kappa shape index (κ1) is 11.6. The fourth-order valence-electron chi connectivity index (χ4n) is 1.43. The summed E-state index contributed by atoms with van der Waals surface area (Å²) in [5.74, 6) is 1.86. The fourth-order valence-corrected chi connectivity index (χ4v) is 1.43. The average Bonchev–Trinajstić information content (AvgIpc) is 2.77. The monoisotopic (exact) mass is 233 g/mol. The molecule has 0 aliphatic heterocycles. The molecule has 1 heterocycles. The maximum absolute atomic E-state index is 5.57. The lowest BCUT2D eigenvalue weighted by atomic mass is 10.2. The van der Waals surface area contributed by atoms with E-state index in [4.69, 9.17) is 14.9 Å². The number of hydrogen-bond donors (Lipinski definition) is 1. The smallest absolute Gasteiger partial charge is 0.230 e. The molecule has 0 fully saturated rings. The highest BCUT2D eigenvalue weighted by Gasteiger charge is 2.04. The van der Waals surface area contributed by atoms with E-state index in [9.17, 15) is 0 Å². The van der Waals surface area contributed by atoms with Crippen molar-refractivity contribution >= 4 is 0 Å². The SMILES string of the molecule is Cc1cccc(OCCc2nnc(CN)o2)c1. The first-order valence-corrected chi connectivity index (χ1v) is 5.48. The molecule has 0 atom stereocenters. The molecule has 5 heteroatoms. The van der Waals surface area contributed by atoms with Crippen molar-refractivity contribution in [3.05, 3.63) is 41.6 Å². The lowest BCUT2D eigenvalue weighted by molar-refractivity contribution is 0.303. The number of aryl methyl sites for hydroxylation is 1. The van der Waals surface area contributed by atoms with Crippen LogP contribution in [0.15, 0.2) is 28.7 Å². The Morgan fingerprint density at radius 3 is 2.82 bits per heavy atom. The topological polar surface area (TPSA) is 74.2 Å². The zero-order valence-electron chi connectivity index (χ0n) is 9.72. The van der Waals surface area contributed by atoms with E-state index in [-0.39, 0.29) is 6.54 Å². The van der Waals surface area contributed by atoms with Crippen LogP contribution in [0.3, 0.4) is 0 Å². The van der Waals surface area contributed by atoms with Crippen LogP contribution in [-0.2, 0) is 13.0 Å². The Labute approximate surface area is 99.6 Å². The molecule has 90 valence electrons. The third kappa shape index (κ3) is 3.29. The van der Waals surface area contributed by atoms with Gasteiger partial charge in [-0.15, -0.1) is 10.2 Å². The van der Waals surface area contributed by atoms with Gasteiger partial charge in [0.25, 0.3) is 0 Å². The molecule has 2 aromatic rings. The van der Waals surface area contributed by atoms with Crippen LogP contribution < -0.4 is 10.5 Å². The second-order valence-corrected chi connectivity index (χ2v) is 3.71. The molecule has 0 aliphatic carbocycles. The Hall–Kier alpha value is -1.88. The number of benzene rings is 1. The van der Waals surface area contributed by atoms with Crippen LogP contribution in [-0.4, -0.2) is 16.8 Å². The first-order chi connectivity index (χ1) is 8.28. The lowest BCUT2D eigenvalue weighted by Gasteiger charge is -2.04. The number of ether oxygens (including phenoxy) is 1. The van der Waals surface area contributed by atoms with Gasteiger partial charge in [-0.2, -0.15) is 0 Å². The summed E-state index contributed by atoms with van der Waals surface area (Å²) in [6, 6.07) is 7.90. The van der Waals surface area contributed by atoms with Crippen LogP contribution in [0.25, 0.3) is 0 Å². The Balaban J connectivity index is 1.83. The van der Waals surface area contributed by atoms with Crippen LogP contribution in [0, 0.1) is 6.92 Å². The zero-order valence-corrected chi connectivity index (χ0v) is 9.72. The average molecular weight is 233 g/mol. The molecule has 0 saturated carbocycles. The summed E-state index contributed by atoms with van der Waals surface area (Å²) in [5, 5.41) is 7.64.